The number of hydrogen-bond donors (Lipinski definition) is 1. The van der Waals surface area contributed by atoms with E-state index >= 15 is 0 Å². The van der Waals surface area contributed by atoms with Crippen LogP contribution >= 0.6 is 27.5 Å². The van der Waals surface area contributed by atoms with Crippen LogP contribution in [-0.2, 0) is 0 Å². The first-order chi connectivity index (χ1) is 5.15. The molecule has 0 bridgehead atoms. The number of nitrogens with two attached hydrogens (primary N) is 1. The summed E-state index contributed by atoms with van der Waals surface area (Å²) >= 11 is 8.73. The van der Waals surface area contributed by atoms with Gasteiger partial charge in [-0.1, -0.05) is 11.6 Å². The molecule has 0 aliphatic rings. The van der Waals surface area contributed by atoms with Crippen molar-refractivity contribution in [3.05, 3.63) is 21.4 Å². The zero-order valence-electron chi connectivity index (χ0n) is 5.31. The maximum absolute atomic E-state index is 8.47. The molecular formula is C6H3BrClN3. The zero-order valence-corrected chi connectivity index (χ0v) is 7.65. The first kappa shape index (κ1) is 8.31. The number of nitrogen functional groups attached to an aromatic ring is 1. The van der Waals surface area contributed by atoms with E-state index in [1.54, 1.807) is 6.07 Å². The Morgan fingerprint density at radius 1 is 1.73 bits per heavy atom. The predicted octanol–water partition coefficient (Wildman–Crippen LogP) is 1.95. The van der Waals surface area contributed by atoms with E-state index in [-0.39, 0.29) is 10.8 Å². The Balaban J connectivity index is 3.35. The molecule has 0 fully saturated rings. The number of nitriles is 1. The first-order valence-electron chi connectivity index (χ1n) is 2.66. The fraction of sp³-hybridized carbons (Fsp3) is 0. The van der Waals surface area contributed by atoms with Gasteiger partial charge in [0.15, 0.2) is 5.69 Å². The number of rotatable bonds is 0. The molecule has 2 N–H and O–H groups in total. The number of hydrogen-bond acceptors (Lipinski definition) is 3. The van der Waals surface area contributed by atoms with Gasteiger partial charge in [0.25, 0.3) is 0 Å². The van der Waals surface area contributed by atoms with Gasteiger partial charge in [0, 0.05) is 0 Å². The summed E-state index contributed by atoms with van der Waals surface area (Å²) < 4.78 is 0.593. The molecule has 0 atom stereocenters. The fourth-order valence-corrected chi connectivity index (χ4v) is 1.04. The van der Waals surface area contributed by atoms with Crippen LogP contribution in [0.1, 0.15) is 5.69 Å². The van der Waals surface area contributed by atoms with Gasteiger partial charge in [0.1, 0.15) is 11.2 Å². The molecule has 0 saturated carbocycles. The van der Waals surface area contributed by atoms with Gasteiger partial charge in [-0.2, -0.15) is 5.26 Å². The Morgan fingerprint density at radius 2 is 2.36 bits per heavy atom. The highest BCUT2D eigenvalue weighted by molar-refractivity contribution is 9.10. The topological polar surface area (TPSA) is 62.7 Å². The number of aromatic nitrogens is 1. The summed E-state index contributed by atoms with van der Waals surface area (Å²) in [5.41, 5.74) is 5.90. The molecule has 0 saturated heterocycles. The van der Waals surface area contributed by atoms with E-state index in [9.17, 15) is 0 Å². The van der Waals surface area contributed by atoms with E-state index in [1.807, 2.05) is 6.07 Å². The minimum absolute atomic E-state index is 0.151. The maximum Gasteiger partial charge on any atom is 0.165 e. The minimum Gasteiger partial charge on any atom is -0.396 e. The molecule has 1 aromatic rings. The van der Waals surface area contributed by atoms with Crippen LogP contribution in [-0.4, -0.2) is 4.98 Å². The Labute approximate surface area is 76.9 Å². The number of pyridine rings is 1. The molecular weight excluding hydrogens is 229 g/mol. The van der Waals surface area contributed by atoms with Crippen molar-refractivity contribution in [1.29, 1.82) is 5.26 Å². The average Bonchev–Trinajstić information content (AvgIpc) is 1.97. The Kier molecular flexibility index (Phi) is 2.32. The van der Waals surface area contributed by atoms with Gasteiger partial charge in [-0.05, 0) is 22.0 Å². The quantitative estimate of drug-likeness (QED) is 0.696. The molecule has 0 amide bonds. The lowest BCUT2D eigenvalue weighted by Gasteiger charge is -1.98. The lowest BCUT2D eigenvalue weighted by molar-refractivity contribution is 1.25. The lowest BCUT2D eigenvalue weighted by atomic mass is 10.3. The van der Waals surface area contributed by atoms with Crippen molar-refractivity contribution in [2.45, 2.75) is 0 Å². The SMILES string of the molecule is N#Cc1nc(Cl)c(Br)cc1N. The Hall–Kier alpha value is -0.790. The lowest BCUT2D eigenvalue weighted by Crippen LogP contribution is -1.94. The molecule has 56 valence electrons. The third kappa shape index (κ3) is 1.62. The third-order valence-electron chi connectivity index (χ3n) is 1.07. The second-order valence-corrected chi connectivity index (χ2v) is 3.02. The summed E-state index contributed by atoms with van der Waals surface area (Å²) in [6.45, 7) is 0. The number of nitrogens with zero attached hydrogens (tertiary/aromatic N) is 2. The van der Waals surface area contributed by atoms with E-state index in [1.165, 1.54) is 0 Å². The van der Waals surface area contributed by atoms with Crippen LogP contribution in [0.15, 0.2) is 10.5 Å². The maximum atomic E-state index is 8.47. The molecule has 1 aromatic heterocycles. The van der Waals surface area contributed by atoms with Gasteiger partial charge in [-0.3, -0.25) is 0 Å². The highest BCUT2D eigenvalue weighted by atomic mass is 79.9. The Bertz CT molecular complexity index is 331. The summed E-state index contributed by atoms with van der Waals surface area (Å²) in [5.74, 6) is 0. The number of halogens is 2. The fourth-order valence-electron chi connectivity index (χ4n) is 0.570. The van der Waals surface area contributed by atoms with Crippen LogP contribution in [0.2, 0.25) is 5.15 Å². The molecule has 0 unspecified atom stereocenters. The van der Waals surface area contributed by atoms with E-state index in [2.05, 4.69) is 20.9 Å². The van der Waals surface area contributed by atoms with Crippen LogP contribution in [0, 0.1) is 11.3 Å². The standard InChI is InChI=1S/C6H3BrClN3/c7-3-1-4(10)5(2-9)11-6(3)8/h1H,10H2. The van der Waals surface area contributed by atoms with Crippen LogP contribution in [0.4, 0.5) is 5.69 Å². The highest BCUT2D eigenvalue weighted by Crippen LogP contribution is 2.23. The van der Waals surface area contributed by atoms with Crippen LogP contribution in [0.25, 0.3) is 0 Å². The van der Waals surface area contributed by atoms with Crippen LogP contribution in [0.3, 0.4) is 0 Å². The van der Waals surface area contributed by atoms with Crippen LogP contribution in [0.5, 0.6) is 0 Å². The second kappa shape index (κ2) is 3.07. The smallest absolute Gasteiger partial charge is 0.165 e. The molecule has 0 spiro atoms. The van der Waals surface area contributed by atoms with Gasteiger partial charge in [-0.25, -0.2) is 4.98 Å². The molecule has 0 aliphatic heterocycles. The normalized spacial score (nSPS) is 9.18. The molecule has 5 heteroatoms. The Morgan fingerprint density at radius 3 is 2.91 bits per heavy atom. The summed E-state index contributed by atoms with van der Waals surface area (Å²) in [6.07, 6.45) is 0. The van der Waals surface area contributed by atoms with Crippen molar-refractivity contribution in [3.63, 3.8) is 0 Å². The predicted molar refractivity (Wildman–Crippen MR) is 46.1 cm³/mol. The molecule has 11 heavy (non-hydrogen) atoms. The van der Waals surface area contributed by atoms with Gasteiger partial charge in [0.05, 0.1) is 10.2 Å². The summed E-state index contributed by atoms with van der Waals surface area (Å²) in [4.78, 5) is 3.72. The van der Waals surface area contributed by atoms with Crippen molar-refractivity contribution < 1.29 is 0 Å². The number of anilines is 1. The van der Waals surface area contributed by atoms with Crippen LogP contribution < -0.4 is 5.73 Å². The third-order valence-corrected chi connectivity index (χ3v) is 2.19. The van der Waals surface area contributed by atoms with E-state index in [4.69, 9.17) is 22.6 Å². The van der Waals surface area contributed by atoms with Gasteiger partial charge in [0.2, 0.25) is 0 Å². The van der Waals surface area contributed by atoms with Gasteiger partial charge >= 0.3 is 0 Å². The van der Waals surface area contributed by atoms with Crippen molar-refractivity contribution >= 4 is 33.2 Å². The van der Waals surface area contributed by atoms with Crippen molar-refractivity contribution in [2.24, 2.45) is 0 Å². The van der Waals surface area contributed by atoms with Crippen molar-refractivity contribution in [3.8, 4) is 6.07 Å². The molecule has 3 nitrogen and oxygen atoms in total. The molecule has 0 radical (unpaired) electrons. The van der Waals surface area contributed by atoms with Gasteiger partial charge < -0.3 is 5.73 Å². The van der Waals surface area contributed by atoms with E-state index in [0.29, 0.717) is 10.2 Å². The second-order valence-electron chi connectivity index (χ2n) is 1.81. The molecule has 0 aliphatic carbocycles. The molecule has 1 heterocycles. The van der Waals surface area contributed by atoms with E-state index < -0.39 is 0 Å². The largest absolute Gasteiger partial charge is 0.396 e. The first-order valence-corrected chi connectivity index (χ1v) is 3.84. The van der Waals surface area contributed by atoms with Crippen molar-refractivity contribution in [1.82, 2.24) is 4.98 Å². The van der Waals surface area contributed by atoms with Gasteiger partial charge in [-0.15, -0.1) is 0 Å². The van der Waals surface area contributed by atoms with Crippen molar-refractivity contribution in [2.75, 3.05) is 5.73 Å². The highest BCUT2D eigenvalue weighted by Gasteiger charge is 2.04. The average molecular weight is 232 g/mol. The summed E-state index contributed by atoms with van der Waals surface area (Å²) in [7, 11) is 0. The van der Waals surface area contributed by atoms with E-state index in [0.717, 1.165) is 0 Å². The summed E-state index contributed by atoms with van der Waals surface area (Å²) in [5, 5.41) is 8.71. The molecule has 0 aromatic carbocycles. The monoisotopic (exact) mass is 231 g/mol. The molecule has 1 rings (SSSR count). The summed E-state index contributed by atoms with van der Waals surface area (Å²) in [6, 6.07) is 3.37. The zero-order chi connectivity index (χ0) is 8.43. The minimum atomic E-state index is 0.151.